The summed E-state index contributed by atoms with van der Waals surface area (Å²) in [5.41, 5.74) is 2.57. The number of rotatable bonds is 3. The van der Waals surface area contributed by atoms with Crippen molar-refractivity contribution in [2.75, 3.05) is 0 Å². The van der Waals surface area contributed by atoms with Gasteiger partial charge < -0.3 is 9.84 Å². The van der Waals surface area contributed by atoms with Gasteiger partial charge in [-0.25, -0.2) is 0 Å². The fourth-order valence-electron chi connectivity index (χ4n) is 2.65. The van der Waals surface area contributed by atoms with Gasteiger partial charge in [-0.05, 0) is 19.8 Å². The van der Waals surface area contributed by atoms with Gasteiger partial charge in [0, 0.05) is 11.6 Å². The normalized spacial score (nSPS) is 15.4. The summed E-state index contributed by atoms with van der Waals surface area (Å²) in [4.78, 5) is 12.3. The molecule has 0 unspecified atom stereocenters. The molecule has 1 amide bonds. The van der Waals surface area contributed by atoms with E-state index in [2.05, 4.69) is 10.5 Å². The first-order chi connectivity index (χ1) is 9.74. The summed E-state index contributed by atoms with van der Waals surface area (Å²) in [6.45, 7) is 2.03. The smallest absolute Gasteiger partial charge is 0.257 e. The molecule has 0 saturated heterocycles. The first-order valence-electron chi connectivity index (χ1n) is 7.06. The van der Waals surface area contributed by atoms with Crippen molar-refractivity contribution < 1.29 is 9.32 Å². The van der Waals surface area contributed by atoms with Gasteiger partial charge >= 0.3 is 0 Å². The van der Waals surface area contributed by atoms with Gasteiger partial charge in [-0.1, -0.05) is 47.8 Å². The van der Waals surface area contributed by atoms with Crippen molar-refractivity contribution in [2.45, 2.75) is 38.6 Å². The van der Waals surface area contributed by atoms with Crippen LogP contribution in [-0.2, 0) is 0 Å². The average Bonchev–Trinajstić information content (AvgIpc) is 3.10. The minimum atomic E-state index is -0.0891. The number of aromatic nitrogens is 1. The Hall–Kier alpha value is -2.10. The van der Waals surface area contributed by atoms with Crippen LogP contribution in [0.5, 0.6) is 0 Å². The van der Waals surface area contributed by atoms with Crippen molar-refractivity contribution in [3.05, 3.63) is 41.6 Å². The van der Waals surface area contributed by atoms with E-state index in [1.54, 1.807) is 0 Å². The largest absolute Gasteiger partial charge is 0.355 e. The van der Waals surface area contributed by atoms with Gasteiger partial charge in [0.25, 0.3) is 5.91 Å². The van der Waals surface area contributed by atoms with Crippen molar-refractivity contribution in [1.29, 1.82) is 0 Å². The SMILES string of the molecule is Cc1ccc(-c2oncc2C(=O)NC2CCCC2)cc1. The molecule has 2 aromatic rings. The highest BCUT2D eigenvalue weighted by Crippen LogP contribution is 2.25. The highest BCUT2D eigenvalue weighted by molar-refractivity contribution is 5.99. The minimum absolute atomic E-state index is 0.0891. The maximum Gasteiger partial charge on any atom is 0.257 e. The molecule has 0 bridgehead atoms. The summed E-state index contributed by atoms with van der Waals surface area (Å²) in [5, 5.41) is 6.84. The molecule has 1 heterocycles. The Morgan fingerprint density at radius 3 is 2.65 bits per heavy atom. The number of benzene rings is 1. The quantitative estimate of drug-likeness (QED) is 0.930. The molecule has 3 rings (SSSR count). The molecule has 0 aliphatic heterocycles. The lowest BCUT2D eigenvalue weighted by Gasteiger charge is -2.11. The van der Waals surface area contributed by atoms with Crippen LogP contribution in [0, 0.1) is 6.92 Å². The highest BCUT2D eigenvalue weighted by atomic mass is 16.5. The second-order valence-electron chi connectivity index (χ2n) is 5.39. The maximum absolute atomic E-state index is 12.3. The van der Waals surface area contributed by atoms with Gasteiger partial charge in [-0.3, -0.25) is 4.79 Å². The van der Waals surface area contributed by atoms with E-state index in [1.807, 2.05) is 31.2 Å². The molecule has 1 N–H and O–H groups in total. The zero-order chi connectivity index (χ0) is 13.9. The van der Waals surface area contributed by atoms with Gasteiger partial charge in [0.05, 0.1) is 6.20 Å². The second kappa shape index (κ2) is 5.49. The molecular formula is C16H18N2O2. The molecule has 1 saturated carbocycles. The number of nitrogens with one attached hydrogen (secondary N) is 1. The van der Waals surface area contributed by atoms with Crippen LogP contribution in [0.4, 0.5) is 0 Å². The van der Waals surface area contributed by atoms with Crippen LogP contribution in [0.15, 0.2) is 35.0 Å². The molecule has 20 heavy (non-hydrogen) atoms. The molecular weight excluding hydrogens is 252 g/mol. The fourth-order valence-corrected chi connectivity index (χ4v) is 2.65. The summed E-state index contributed by atoms with van der Waals surface area (Å²) in [6, 6.07) is 8.18. The van der Waals surface area contributed by atoms with Crippen LogP contribution < -0.4 is 5.32 Å². The van der Waals surface area contributed by atoms with Crippen LogP contribution in [0.2, 0.25) is 0 Å². The number of carbonyl (C=O) groups is 1. The van der Waals surface area contributed by atoms with E-state index >= 15 is 0 Å². The van der Waals surface area contributed by atoms with Crippen molar-refractivity contribution >= 4 is 5.91 Å². The van der Waals surface area contributed by atoms with Crippen LogP contribution in [-0.4, -0.2) is 17.1 Å². The van der Waals surface area contributed by atoms with Gasteiger partial charge in [0.2, 0.25) is 0 Å². The topological polar surface area (TPSA) is 55.1 Å². The van der Waals surface area contributed by atoms with Crippen molar-refractivity contribution in [2.24, 2.45) is 0 Å². The summed E-state index contributed by atoms with van der Waals surface area (Å²) < 4.78 is 5.27. The maximum atomic E-state index is 12.3. The summed E-state index contributed by atoms with van der Waals surface area (Å²) in [5.74, 6) is 0.453. The lowest BCUT2D eigenvalue weighted by Crippen LogP contribution is -2.32. The zero-order valence-corrected chi connectivity index (χ0v) is 11.6. The van der Waals surface area contributed by atoms with Crippen molar-refractivity contribution in [1.82, 2.24) is 10.5 Å². The molecule has 4 heteroatoms. The summed E-state index contributed by atoms with van der Waals surface area (Å²) in [6.07, 6.45) is 6.02. The third kappa shape index (κ3) is 2.59. The van der Waals surface area contributed by atoms with E-state index in [0.29, 0.717) is 17.4 Å². The predicted octanol–water partition coefficient (Wildman–Crippen LogP) is 3.32. The number of hydrogen-bond donors (Lipinski definition) is 1. The summed E-state index contributed by atoms with van der Waals surface area (Å²) >= 11 is 0. The third-order valence-corrected chi connectivity index (χ3v) is 3.82. The van der Waals surface area contributed by atoms with Gasteiger partial charge in [0.15, 0.2) is 5.76 Å². The fraction of sp³-hybridized carbons (Fsp3) is 0.375. The van der Waals surface area contributed by atoms with Crippen molar-refractivity contribution in [3.63, 3.8) is 0 Å². The second-order valence-corrected chi connectivity index (χ2v) is 5.39. The molecule has 4 nitrogen and oxygen atoms in total. The van der Waals surface area contributed by atoms with E-state index in [1.165, 1.54) is 24.6 Å². The van der Waals surface area contributed by atoms with E-state index < -0.39 is 0 Å². The third-order valence-electron chi connectivity index (χ3n) is 3.82. The molecule has 1 aromatic carbocycles. The lowest BCUT2D eigenvalue weighted by atomic mass is 10.1. The standard InChI is InChI=1S/C16H18N2O2/c1-11-6-8-12(9-7-11)15-14(10-17-20-15)16(19)18-13-4-2-3-5-13/h6-10,13H,2-5H2,1H3,(H,18,19). The Kier molecular flexibility index (Phi) is 3.54. The molecule has 1 fully saturated rings. The van der Waals surface area contributed by atoms with E-state index in [4.69, 9.17) is 4.52 Å². The highest BCUT2D eigenvalue weighted by Gasteiger charge is 2.22. The first kappa shape index (κ1) is 12.9. The predicted molar refractivity (Wildman–Crippen MR) is 76.4 cm³/mol. The van der Waals surface area contributed by atoms with E-state index in [9.17, 15) is 4.79 Å². The van der Waals surface area contributed by atoms with E-state index in [-0.39, 0.29) is 5.91 Å². The molecule has 0 spiro atoms. The Bertz CT molecular complexity index is 595. The number of aryl methyl sites for hydroxylation is 1. The lowest BCUT2D eigenvalue weighted by molar-refractivity contribution is 0.0938. The Balaban J connectivity index is 1.82. The number of hydrogen-bond acceptors (Lipinski definition) is 3. The monoisotopic (exact) mass is 270 g/mol. The minimum Gasteiger partial charge on any atom is -0.355 e. The molecule has 0 atom stereocenters. The van der Waals surface area contributed by atoms with Gasteiger partial charge in [-0.2, -0.15) is 0 Å². The molecule has 1 aliphatic carbocycles. The zero-order valence-electron chi connectivity index (χ0n) is 11.6. The number of carbonyl (C=O) groups excluding carboxylic acids is 1. The van der Waals surface area contributed by atoms with Crippen LogP contribution in [0.25, 0.3) is 11.3 Å². The first-order valence-corrected chi connectivity index (χ1v) is 7.06. The number of amides is 1. The Labute approximate surface area is 118 Å². The molecule has 0 radical (unpaired) electrons. The Morgan fingerprint density at radius 1 is 1.25 bits per heavy atom. The van der Waals surface area contributed by atoms with Crippen LogP contribution in [0.1, 0.15) is 41.6 Å². The molecule has 1 aromatic heterocycles. The van der Waals surface area contributed by atoms with E-state index in [0.717, 1.165) is 18.4 Å². The summed E-state index contributed by atoms with van der Waals surface area (Å²) in [7, 11) is 0. The van der Waals surface area contributed by atoms with Gasteiger partial charge in [-0.15, -0.1) is 0 Å². The number of nitrogens with zero attached hydrogens (tertiary/aromatic N) is 1. The van der Waals surface area contributed by atoms with Crippen LogP contribution in [0.3, 0.4) is 0 Å². The Morgan fingerprint density at radius 2 is 1.95 bits per heavy atom. The molecule has 104 valence electrons. The molecule has 1 aliphatic rings. The van der Waals surface area contributed by atoms with Crippen molar-refractivity contribution in [3.8, 4) is 11.3 Å². The van der Waals surface area contributed by atoms with Crippen LogP contribution >= 0.6 is 0 Å². The van der Waals surface area contributed by atoms with Gasteiger partial charge in [0.1, 0.15) is 5.56 Å². The average molecular weight is 270 g/mol.